The number of piperidine rings is 1. The highest BCUT2D eigenvalue weighted by Crippen LogP contribution is 2.30. The quantitative estimate of drug-likeness (QED) is 0.314. The van der Waals surface area contributed by atoms with Gasteiger partial charge in [0, 0.05) is 52.5 Å². The van der Waals surface area contributed by atoms with Crippen LogP contribution in [0.5, 0.6) is 0 Å². The smallest absolute Gasteiger partial charge is 0.282 e. The summed E-state index contributed by atoms with van der Waals surface area (Å²) >= 11 is 0. The third kappa shape index (κ3) is 9.36. The highest BCUT2D eigenvalue weighted by Gasteiger charge is 2.35. The molecule has 13 heteroatoms. The second-order valence-corrected chi connectivity index (χ2v) is 17.7. The number of hydrogen-bond donors (Lipinski definition) is 1. The van der Waals surface area contributed by atoms with Crippen molar-refractivity contribution in [3.8, 4) is 0 Å². The SMILES string of the molecule is CN(C)c1ccc(S(=O)(=O)N2CCCN(CC3CCCCC3)CCCN(S(=O)(=O)N3CCC(c4ccccc4)CC3)CC(=NO)C2)cc1. The van der Waals surface area contributed by atoms with Crippen molar-refractivity contribution in [3.05, 3.63) is 60.2 Å². The van der Waals surface area contributed by atoms with Gasteiger partial charge in [-0.15, -0.1) is 0 Å². The summed E-state index contributed by atoms with van der Waals surface area (Å²) in [4.78, 5) is 4.47. The summed E-state index contributed by atoms with van der Waals surface area (Å²) in [6.45, 7) is 3.32. The summed E-state index contributed by atoms with van der Waals surface area (Å²) in [6.07, 6.45) is 8.90. The van der Waals surface area contributed by atoms with Gasteiger partial charge in [-0.25, -0.2) is 8.42 Å². The normalized spacial score (nSPS) is 22.7. The molecule has 11 nitrogen and oxygen atoms in total. The third-order valence-corrected chi connectivity index (χ3v) is 14.1. The first-order chi connectivity index (χ1) is 23.1. The van der Waals surface area contributed by atoms with Gasteiger partial charge in [-0.05, 0) is 93.3 Å². The number of benzene rings is 2. The molecule has 0 bridgehead atoms. The molecule has 2 aromatic rings. The van der Waals surface area contributed by atoms with Gasteiger partial charge in [-0.2, -0.15) is 21.3 Å². The van der Waals surface area contributed by atoms with Crippen LogP contribution in [0.25, 0.3) is 0 Å². The van der Waals surface area contributed by atoms with Crippen LogP contribution in [-0.4, -0.2) is 119 Å². The van der Waals surface area contributed by atoms with Gasteiger partial charge >= 0.3 is 0 Å². The Morgan fingerprint density at radius 3 is 1.92 bits per heavy atom. The van der Waals surface area contributed by atoms with Crippen molar-refractivity contribution in [1.29, 1.82) is 0 Å². The molecule has 0 amide bonds. The molecular formula is C35H54N6O5S2. The Hall–Kier alpha value is -2.55. The molecule has 1 aliphatic carbocycles. The van der Waals surface area contributed by atoms with Crippen molar-refractivity contribution >= 4 is 31.6 Å². The van der Waals surface area contributed by atoms with Gasteiger partial charge in [0.25, 0.3) is 10.2 Å². The van der Waals surface area contributed by atoms with Crippen LogP contribution in [0.15, 0.2) is 64.6 Å². The van der Waals surface area contributed by atoms with Crippen LogP contribution in [0.2, 0.25) is 0 Å². The predicted molar refractivity (Wildman–Crippen MR) is 191 cm³/mol. The van der Waals surface area contributed by atoms with Crippen LogP contribution in [0.1, 0.15) is 69.3 Å². The molecule has 0 aromatic heterocycles. The van der Waals surface area contributed by atoms with Crippen LogP contribution in [0.4, 0.5) is 5.69 Å². The molecule has 2 aromatic carbocycles. The first-order valence-corrected chi connectivity index (χ1v) is 20.4. The van der Waals surface area contributed by atoms with Crippen LogP contribution in [-0.2, 0) is 20.2 Å². The molecular weight excluding hydrogens is 649 g/mol. The number of rotatable bonds is 8. The molecule has 5 rings (SSSR count). The van der Waals surface area contributed by atoms with Gasteiger partial charge in [0.2, 0.25) is 10.0 Å². The molecule has 3 aliphatic rings. The number of oxime groups is 1. The van der Waals surface area contributed by atoms with Gasteiger partial charge in [0.05, 0.1) is 23.7 Å². The van der Waals surface area contributed by atoms with Crippen LogP contribution in [0.3, 0.4) is 0 Å². The van der Waals surface area contributed by atoms with Crippen LogP contribution < -0.4 is 4.90 Å². The Balaban J connectivity index is 1.37. The van der Waals surface area contributed by atoms with E-state index < -0.39 is 20.2 Å². The van der Waals surface area contributed by atoms with E-state index in [1.165, 1.54) is 46.3 Å². The van der Waals surface area contributed by atoms with Gasteiger partial charge in [0.15, 0.2) is 0 Å². The summed E-state index contributed by atoms with van der Waals surface area (Å²) in [5, 5.41) is 13.6. The van der Waals surface area contributed by atoms with Gasteiger partial charge in [-0.1, -0.05) is 54.8 Å². The van der Waals surface area contributed by atoms with Gasteiger partial charge in [0.1, 0.15) is 0 Å². The van der Waals surface area contributed by atoms with Crippen molar-refractivity contribution in [2.75, 3.05) is 77.9 Å². The zero-order valence-corrected chi connectivity index (χ0v) is 30.3. The average Bonchev–Trinajstić information content (AvgIpc) is 3.10. The molecule has 2 heterocycles. The molecule has 3 fully saturated rings. The van der Waals surface area contributed by atoms with Crippen molar-refractivity contribution in [3.63, 3.8) is 0 Å². The van der Waals surface area contributed by atoms with Crippen molar-refractivity contribution in [2.24, 2.45) is 11.1 Å². The molecule has 1 saturated carbocycles. The maximum absolute atomic E-state index is 14.2. The molecule has 0 spiro atoms. The summed E-state index contributed by atoms with van der Waals surface area (Å²) < 4.78 is 60.8. The standard InChI is InChI=1S/C35H54N6O5S2/c1-37(2)34-15-17-35(18-16-34)47(43,44)40-23-9-21-38(27-30-11-5-3-6-12-30)22-10-24-41(29-33(28-40)36-42)48(45,46)39-25-19-32(20-26-39)31-13-7-4-8-14-31/h4,7-8,13-18,30,32,42H,3,5-6,9-12,19-29H2,1-2H3. The zero-order chi connectivity index (χ0) is 34.1. The van der Waals surface area contributed by atoms with E-state index in [0.717, 1.165) is 31.6 Å². The Kier molecular flexibility index (Phi) is 12.9. The zero-order valence-electron chi connectivity index (χ0n) is 28.7. The first-order valence-electron chi connectivity index (χ1n) is 17.6. The van der Waals surface area contributed by atoms with E-state index in [9.17, 15) is 22.0 Å². The van der Waals surface area contributed by atoms with E-state index >= 15 is 0 Å². The summed E-state index contributed by atoms with van der Waals surface area (Å²) in [6, 6.07) is 17.0. The monoisotopic (exact) mass is 702 g/mol. The van der Waals surface area contributed by atoms with Crippen molar-refractivity contribution < 1.29 is 22.0 Å². The molecule has 0 atom stereocenters. The highest BCUT2D eigenvalue weighted by atomic mass is 32.2. The minimum Gasteiger partial charge on any atom is -0.411 e. The van der Waals surface area contributed by atoms with Crippen LogP contribution >= 0.6 is 0 Å². The lowest BCUT2D eigenvalue weighted by molar-refractivity contribution is 0.188. The number of hydrogen-bond acceptors (Lipinski definition) is 8. The van der Waals surface area contributed by atoms with E-state index in [-0.39, 0.29) is 36.8 Å². The topological polar surface area (TPSA) is 117 Å². The fourth-order valence-electron chi connectivity index (χ4n) is 7.42. The Bertz CT molecular complexity index is 1540. The lowest BCUT2D eigenvalue weighted by atomic mass is 9.89. The van der Waals surface area contributed by atoms with Gasteiger partial charge < -0.3 is 15.0 Å². The Morgan fingerprint density at radius 2 is 1.31 bits per heavy atom. The van der Waals surface area contributed by atoms with E-state index in [4.69, 9.17) is 0 Å². The number of sulfonamides is 1. The summed E-state index contributed by atoms with van der Waals surface area (Å²) in [5.41, 5.74) is 2.21. The third-order valence-electron chi connectivity index (χ3n) is 10.2. The average molecular weight is 703 g/mol. The molecule has 48 heavy (non-hydrogen) atoms. The second-order valence-electron chi connectivity index (χ2n) is 13.8. The van der Waals surface area contributed by atoms with E-state index in [1.807, 2.05) is 37.2 Å². The molecule has 0 radical (unpaired) electrons. The lowest BCUT2D eigenvalue weighted by Gasteiger charge is -2.36. The van der Waals surface area contributed by atoms with E-state index in [1.54, 1.807) is 28.6 Å². The largest absolute Gasteiger partial charge is 0.411 e. The molecule has 0 unspecified atom stereocenters. The maximum atomic E-state index is 14.2. The van der Waals surface area contributed by atoms with Crippen molar-refractivity contribution in [1.82, 2.24) is 17.8 Å². The van der Waals surface area contributed by atoms with Crippen LogP contribution in [0, 0.1) is 5.92 Å². The highest BCUT2D eigenvalue weighted by molar-refractivity contribution is 7.89. The minimum atomic E-state index is -3.96. The lowest BCUT2D eigenvalue weighted by Crippen LogP contribution is -2.51. The second kappa shape index (κ2) is 16.9. The summed E-state index contributed by atoms with van der Waals surface area (Å²) in [7, 11) is -4.07. The maximum Gasteiger partial charge on any atom is 0.282 e. The van der Waals surface area contributed by atoms with E-state index in [2.05, 4.69) is 22.2 Å². The Morgan fingerprint density at radius 1 is 0.708 bits per heavy atom. The first kappa shape index (κ1) is 36.7. The number of anilines is 1. The van der Waals surface area contributed by atoms with Crippen molar-refractivity contribution in [2.45, 2.75) is 68.6 Å². The Labute approximate surface area is 288 Å². The van der Waals surface area contributed by atoms with E-state index in [0.29, 0.717) is 44.3 Å². The molecule has 266 valence electrons. The molecule has 1 N–H and O–H groups in total. The predicted octanol–water partition coefficient (Wildman–Crippen LogP) is 4.68. The summed E-state index contributed by atoms with van der Waals surface area (Å²) in [5.74, 6) is 0.915. The molecule has 2 saturated heterocycles. The molecule has 2 aliphatic heterocycles. The minimum absolute atomic E-state index is 0.103. The fourth-order valence-corrected chi connectivity index (χ4v) is 10.6. The number of nitrogens with zero attached hydrogens (tertiary/aromatic N) is 6. The fraction of sp³-hybridized carbons (Fsp3) is 0.629. The van der Waals surface area contributed by atoms with Gasteiger partial charge in [-0.3, -0.25) is 0 Å².